The molecule has 2 aromatic carbocycles. The van der Waals surface area contributed by atoms with E-state index in [9.17, 15) is 19.5 Å². The second-order valence-electron chi connectivity index (χ2n) is 8.41. The first kappa shape index (κ1) is 20.8. The number of aryl methyl sites for hydroxylation is 2. The van der Waals surface area contributed by atoms with Crippen LogP contribution in [0.15, 0.2) is 48.7 Å². The zero-order chi connectivity index (χ0) is 22.1. The standard InChI is InChI=1S/C25H26N2O4/c1-15-11-18(6-10-23(15)29)13-20(28)7-4-17-5-8-21-19(12-17)14-27(25(21)31)22-9-3-16(2)26-24(22)30/h5-6,8,10-12,22,29H,2-4,7,9,13-14H2,1H3,(H,26,30). The van der Waals surface area contributed by atoms with Gasteiger partial charge < -0.3 is 15.3 Å². The molecule has 2 aliphatic rings. The second kappa shape index (κ2) is 8.38. The number of amides is 2. The molecule has 1 unspecified atom stereocenters. The first-order chi connectivity index (χ1) is 14.8. The van der Waals surface area contributed by atoms with Gasteiger partial charge in [-0.15, -0.1) is 0 Å². The Morgan fingerprint density at radius 3 is 2.71 bits per heavy atom. The predicted molar refractivity (Wildman–Crippen MR) is 116 cm³/mol. The quantitative estimate of drug-likeness (QED) is 0.754. The van der Waals surface area contributed by atoms with Gasteiger partial charge in [0.1, 0.15) is 17.6 Å². The molecular weight excluding hydrogens is 392 g/mol. The molecular formula is C25H26N2O4. The van der Waals surface area contributed by atoms with Gasteiger partial charge in [0, 0.05) is 30.6 Å². The lowest BCUT2D eigenvalue weighted by Crippen LogP contribution is -2.49. The van der Waals surface area contributed by atoms with Crippen LogP contribution in [0.25, 0.3) is 0 Å². The van der Waals surface area contributed by atoms with Crippen molar-refractivity contribution >= 4 is 17.6 Å². The van der Waals surface area contributed by atoms with Gasteiger partial charge in [-0.25, -0.2) is 0 Å². The highest BCUT2D eigenvalue weighted by Gasteiger charge is 2.38. The number of piperidine rings is 1. The third-order valence-electron chi connectivity index (χ3n) is 6.06. The van der Waals surface area contributed by atoms with E-state index in [1.807, 2.05) is 25.1 Å². The molecule has 6 nitrogen and oxygen atoms in total. The maximum absolute atomic E-state index is 12.8. The topological polar surface area (TPSA) is 86.7 Å². The summed E-state index contributed by atoms with van der Waals surface area (Å²) in [7, 11) is 0. The van der Waals surface area contributed by atoms with Crippen molar-refractivity contribution in [2.75, 3.05) is 0 Å². The molecule has 0 saturated carbocycles. The molecule has 6 heteroatoms. The minimum absolute atomic E-state index is 0.118. The van der Waals surface area contributed by atoms with Crippen molar-refractivity contribution in [2.24, 2.45) is 0 Å². The van der Waals surface area contributed by atoms with E-state index in [1.54, 1.807) is 23.1 Å². The number of phenolic OH excluding ortho intramolecular Hbond substituents is 1. The number of carbonyl (C=O) groups excluding carboxylic acids is 3. The van der Waals surface area contributed by atoms with Crippen molar-refractivity contribution in [1.82, 2.24) is 10.2 Å². The van der Waals surface area contributed by atoms with Crippen molar-refractivity contribution in [3.63, 3.8) is 0 Å². The zero-order valence-corrected chi connectivity index (χ0v) is 17.6. The summed E-state index contributed by atoms with van der Waals surface area (Å²) in [6.07, 6.45) is 2.60. The number of nitrogens with zero attached hydrogens (tertiary/aromatic N) is 1. The van der Waals surface area contributed by atoms with Gasteiger partial charge >= 0.3 is 0 Å². The Morgan fingerprint density at radius 2 is 1.97 bits per heavy atom. The molecule has 1 fully saturated rings. The number of ketones is 1. The Balaban J connectivity index is 1.38. The first-order valence-electron chi connectivity index (χ1n) is 10.5. The number of rotatable bonds is 6. The average Bonchev–Trinajstić information content (AvgIpc) is 3.05. The average molecular weight is 418 g/mol. The Morgan fingerprint density at radius 1 is 1.19 bits per heavy atom. The third kappa shape index (κ3) is 4.38. The normalized spacial score (nSPS) is 18.2. The van der Waals surface area contributed by atoms with Gasteiger partial charge in [-0.3, -0.25) is 14.4 Å². The Hall–Kier alpha value is -3.41. The third-order valence-corrected chi connectivity index (χ3v) is 6.06. The van der Waals surface area contributed by atoms with E-state index >= 15 is 0 Å². The number of phenols is 1. The van der Waals surface area contributed by atoms with E-state index in [0.717, 1.165) is 22.3 Å². The van der Waals surface area contributed by atoms with E-state index < -0.39 is 6.04 Å². The summed E-state index contributed by atoms with van der Waals surface area (Å²) in [5.74, 6) is 0.0663. The maximum Gasteiger partial charge on any atom is 0.255 e. The molecule has 160 valence electrons. The Bertz CT molecular complexity index is 1090. The monoisotopic (exact) mass is 418 g/mol. The molecule has 2 aliphatic heterocycles. The predicted octanol–water partition coefficient (Wildman–Crippen LogP) is 3.19. The molecule has 0 spiro atoms. The van der Waals surface area contributed by atoms with Crippen molar-refractivity contribution in [2.45, 2.75) is 51.6 Å². The molecule has 2 heterocycles. The fourth-order valence-corrected chi connectivity index (χ4v) is 4.29. The number of fused-ring (bicyclic) bond motifs is 1. The van der Waals surface area contributed by atoms with Crippen LogP contribution in [0.1, 0.15) is 51.9 Å². The van der Waals surface area contributed by atoms with Crippen LogP contribution >= 0.6 is 0 Å². The van der Waals surface area contributed by atoms with Gasteiger partial charge in [-0.2, -0.15) is 0 Å². The molecule has 1 atom stereocenters. The highest BCUT2D eigenvalue weighted by atomic mass is 16.3. The fourth-order valence-electron chi connectivity index (χ4n) is 4.29. The number of benzene rings is 2. The molecule has 0 bridgehead atoms. The largest absolute Gasteiger partial charge is 0.508 e. The summed E-state index contributed by atoms with van der Waals surface area (Å²) in [5.41, 5.74) is 4.89. The summed E-state index contributed by atoms with van der Waals surface area (Å²) in [6, 6.07) is 10.4. The number of Topliss-reactive ketones (excluding diaryl/α,β-unsaturated/α-hetero) is 1. The number of allylic oxidation sites excluding steroid dienone is 1. The number of carbonyl (C=O) groups is 3. The summed E-state index contributed by atoms with van der Waals surface area (Å²) < 4.78 is 0. The van der Waals surface area contributed by atoms with Crippen LogP contribution < -0.4 is 5.32 Å². The minimum Gasteiger partial charge on any atom is -0.508 e. The number of hydrogen-bond acceptors (Lipinski definition) is 4. The van der Waals surface area contributed by atoms with Crippen LogP contribution in [0.5, 0.6) is 5.75 Å². The highest BCUT2D eigenvalue weighted by molar-refractivity contribution is 6.01. The van der Waals surface area contributed by atoms with Crippen molar-refractivity contribution in [1.29, 1.82) is 0 Å². The van der Waals surface area contributed by atoms with Crippen molar-refractivity contribution < 1.29 is 19.5 Å². The molecule has 1 saturated heterocycles. The van der Waals surface area contributed by atoms with Crippen molar-refractivity contribution in [3.05, 3.63) is 76.5 Å². The molecule has 0 aromatic heterocycles. The zero-order valence-electron chi connectivity index (χ0n) is 17.6. The van der Waals surface area contributed by atoms with Gasteiger partial charge in [0.25, 0.3) is 5.91 Å². The number of nitrogens with one attached hydrogen (secondary N) is 1. The lowest BCUT2D eigenvalue weighted by atomic mass is 9.99. The molecule has 0 aliphatic carbocycles. The summed E-state index contributed by atoms with van der Waals surface area (Å²) in [4.78, 5) is 39.2. The van der Waals surface area contributed by atoms with E-state index in [1.165, 1.54) is 0 Å². The van der Waals surface area contributed by atoms with Crippen LogP contribution in [0, 0.1) is 6.92 Å². The summed E-state index contributed by atoms with van der Waals surface area (Å²) in [6.45, 7) is 6.01. The van der Waals surface area contributed by atoms with E-state index in [4.69, 9.17) is 0 Å². The number of hydrogen-bond donors (Lipinski definition) is 2. The van der Waals surface area contributed by atoms with Crippen LogP contribution in [0.4, 0.5) is 0 Å². The summed E-state index contributed by atoms with van der Waals surface area (Å²) in [5, 5.41) is 12.4. The second-order valence-corrected chi connectivity index (χ2v) is 8.41. The maximum atomic E-state index is 12.8. The van der Waals surface area contributed by atoms with Crippen LogP contribution in [-0.2, 0) is 29.0 Å². The van der Waals surface area contributed by atoms with Crippen LogP contribution in [-0.4, -0.2) is 33.6 Å². The SMILES string of the molecule is C=C1CCC(N2Cc3cc(CCC(=O)Cc4ccc(O)c(C)c4)ccc3C2=O)C(=O)N1. The fraction of sp³-hybridized carbons (Fsp3) is 0.320. The van der Waals surface area contributed by atoms with E-state index in [-0.39, 0.29) is 23.3 Å². The molecule has 2 amide bonds. The van der Waals surface area contributed by atoms with Crippen molar-refractivity contribution in [3.8, 4) is 5.75 Å². The lowest BCUT2D eigenvalue weighted by Gasteiger charge is -2.30. The van der Waals surface area contributed by atoms with Crippen LogP contribution in [0.2, 0.25) is 0 Å². The van der Waals surface area contributed by atoms with E-state index in [2.05, 4.69) is 11.9 Å². The van der Waals surface area contributed by atoms with E-state index in [0.29, 0.717) is 49.9 Å². The molecule has 4 rings (SSSR count). The summed E-state index contributed by atoms with van der Waals surface area (Å²) >= 11 is 0. The number of aromatic hydroxyl groups is 1. The van der Waals surface area contributed by atoms with Gasteiger partial charge in [0.15, 0.2) is 0 Å². The van der Waals surface area contributed by atoms with Gasteiger partial charge in [0.05, 0.1) is 0 Å². The molecule has 2 N–H and O–H groups in total. The molecule has 2 aromatic rings. The molecule has 0 radical (unpaired) electrons. The molecule has 31 heavy (non-hydrogen) atoms. The lowest BCUT2D eigenvalue weighted by molar-refractivity contribution is -0.126. The minimum atomic E-state index is -0.468. The smallest absolute Gasteiger partial charge is 0.255 e. The van der Waals surface area contributed by atoms with Gasteiger partial charge in [0.2, 0.25) is 5.91 Å². The van der Waals surface area contributed by atoms with Gasteiger partial charge in [-0.05, 0) is 60.6 Å². The van der Waals surface area contributed by atoms with Gasteiger partial charge in [-0.1, -0.05) is 30.8 Å². The first-order valence-corrected chi connectivity index (χ1v) is 10.5. The Labute approximate surface area is 181 Å². The highest BCUT2D eigenvalue weighted by Crippen LogP contribution is 2.29. The Kier molecular flexibility index (Phi) is 5.63. The van der Waals surface area contributed by atoms with Crippen LogP contribution in [0.3, 0.4) is 0 Å².